The predicted octanol–water partition coefficient (Wildman–Crippen LogP) is -0.326. The van der Waals surface area contributed by atoms with Crippen molar-refractivity contribution in [1.82, 2.24) is 15.4 Å². The largest absolute Gasteiger partial charge is 0.469 e. The number of halogens is 2. The van der Waals surface area contributed by atoms with Gasteiger partial charge in [-0.1, -0.05) is 23.2 Å². The van der Waals surface area contributed by atoms with Gasteiger partial charge in [0.15, 0.2) is 5.84 Å². The van der Waals surface area contributed by atoms with Crippen LogP contribution in [0.1, 0.15) is 12.8 Å². The Hall–Kier alpha value is -1.89. The van der Waals surface area contributed by atoms with E-state index in [9.17, 15) is 22.8 Å². The van der Waals surface area contributed by atoms with Crippen molar-refractivity contribution >= 4 is 57.2 Å². The smallest absolute Gasteiger partial charge is 0.325 e. The highest BCUT2D eigenvalue weighted by Crippen LogP contribution is 2.16. The summed E-state index contributed by atoms with van der Waals surface area (Å²) < 4.78 is 37.9. The minimum absolute atomic E-state index is 0.229. The van der Waals surface area contributed by atoms with Crippen molar-refractivity contribution in [3.05, 3.63) is 10.2 Å². The van der Waals surface area contributed by atoms with Crippen LogP contribution in [0.4, 0.5) is 4.79 Å². The maximum absolute atomic E-state index is 12.1. The Morgan fingerprint density at radius 1 is 1.24 bits per heavy atom. The van der Waals surface area contributed by atoms with Gasteiger partial charge in [-0.3, -0.25) is 14.9 Å². The van der Waals surface area contributed by atoms with Gasteiger partial charge in [0, 0.05) is 6.42 Å². The zero-order valence-electron chi connectivity index (χ0n) is 13.0. The molecule has 0 aliphatic carbocycles. The summed E-state index contributed by atoms with van der Waals surface area (Å²) in [6, 6.07) is -2.19. The van der Waals surface area contributed by atoms with Gasteiger partial charge in [0.05, 0.1) is 14.2 Å². The molecule has 140 valence electrons. The second-order valence-corrected chi connectivity index (χ2v) is 6.76. The number of rotatable bonds is 7. The normalized spacial score (nSPS) is 16.9. The molecule has 1 aliphatic heterocycles. The van der Waals surface area contributed by atoms with Crippen molar-refractivity contribution in [1.29, 1.82) is 0 Å². The highest BCUT2D eigenvalue weighted by atomic mass is 35.5. The van der Waals surface area contributed by atoms with Crippen LogP contribution in [-0.2, 0) is 29.3 Å². The van der Waals surface area contributed by atoms with E-state index in [2.05, 4.69) is 24.5 Å². The molecule has 1 heterocycles. The third-order valence-electron chi connectivity index (χ3n) is 2.75. The van der Waals surface area contributed by atoms with Gasteiger partial charge in [-0.05, 0) is 6.42 Å². The first kappa shape index (κ1) is 21.2. The Bertz CT molecular complexity index is 731. The van der Waals surface area contributed by atoms with Crippen LogP contribution in [-0.4, -0.2) is 52.5 Å². The van der Waals surface area contributed by atoms with Gasteiger partial charge in [0.25, 0.3) is 0 Å². The van der Waals surface area contributed by atoms with Gasteiger partial charge in [-0.25, -0.2) is 4.79 Å². The van der Waals surface area contributed by atoms with Crippen molar-refractivity contribution in [3.63, 3.8) is 0 Å². The fourth-order valence-electron chi connectivity index (χ4n) is 1.64. The first-order valence-corrected chi connectivity index (χ1v) is 8.69. The van der Waals surface area contributed by atoms with Crippen molar-refractivity contribution in [2.45, 2.75) is 18.9 Å². The minimum Gasteiger partial charge on any atom is -0.469 e. The lowest BCUT2D eigenvalue weighted by molar-refractivity contribution is -0.144. The highest BCUT2D eigenvalue weighted by molar-refractivity contribution is 7.88. The molecule has 1 unspecified atom stereocenters. The van der Waals surface area contributed by atoms with Gasteiger partial charge in [0.2, 0.25) is 0 Å². The third-order valence-corrected chi connectivity index (χ3v) is 4.13. The fraction of sp³-hybridized carbons (Fsp3) is 0.455. The number of nitrogens with one attached hydrogen (secondary N) is 3. The summed E-state index contributed by atoms with van der Waals surface area (Å²) in [6.07, 6.45) is -0.473. The molecule has 0 aromatic heterocycles. The van der Waals surface area contributed by atoms with E-state index in [4.69, 9.17) is 23.2 Å². The Kier molecular flexibility index (Phi) is 7.60. The average molecular weight is 417 g/mol. The van der Waals surface area contributed by atoms with Gasteiger partial charge in [-0.15, -0.1) is 4.40 Å². The number of hydrogen-bond acceptors (Lipinski definition) is 7. The molecule has 0 aromatic carbocycles. The molecule has 11 nitrogen and oxygen atoms in total. The Balaban J connectivity index is 3.00. The molecule has 0 bridgehead atoms. The summed E-state index contributed by atoms with van der Waals surface area (Å²) in [4.78, 5) is 34.1. The number of amidine groups is 1. The topological polar surface area (TPSA) is 152 Å². The van der Waals surface area contributed by atoms with E-state index in [-0.39, 0.29) is 18.5 Å². The Morgan fingerprint density at radius 2 is 1.88 bits per heavy atom. The second-order valence-electron chi connectivity index (χ2n) is 4.44. The fourth-order valence-corrected chi connectivity index (χ4v) is 2.91. The summed E-state index contributed by atoms with van der Waals surface area (Å²) in [7, 11) is -2.30. The van der Waals surface area contributed by atoms with Gasteiger partial charge in [0.1, 0.15) is 16.2 Å². The van der Waals surface area contributed by atoms with Crippen molar-refractivity contribution in [2.24, 2.45) is 4.40 Å². The van der Waals surface area contributed by atoms with Gasteiger partial charge in [-0.2, -0.15) is 13.1 Å². The maximum Gasteiger partial charge on any atom is 0.325 e. The molecule has 0 saturated carbocycles. The monoisotopic (exact) mass is 416 g/mol. The molecule has 1 saturated heterocycles. The number of urea groups is 1. The number of amides is 2. The number of hydrogen-bond donors (Lipinski definition) is 3. The number of ether oxygens (including phenoxy) is 2. The summed E-state index contributed by atoms with van der Waals surface area (Å²) >= 11 is 11.0. The van der Waals surface area contributed by atoms with E-state index in [1.807, 2.05) is 4.72 Å². The third kappa shape index (κ3) is 6.49. The molecule has 3 N–H and O–H groups in total. The van der Waals surface area contributed by atoms with Gasteiger partial charge < -0.3 is 14.8 Å². The molecule has 0 spiro atoms. The second kappa shape index (κ2) is 8.99. The molecule has 1 fully saturated rings. The predicted molar refractivity (Wildman–Crippen MR) is 86.9 cm³/mol. The lowest BCUT2D eigenvalue weighted by atomic mass is 10.2. The van der Waals surface area contributed by atoms with Crippen molar-refractivity contribution < 1.29 is 32.3 Å². The lowest BCUT2D eigenvalue weighted by Gasteiger charge is -2.14. The standard InChI is InChI=1S/C11H14Cl2N4O7S/c1-23-6(18)4-3-5(10(19)24-2)16-25(21,22)17-9-7(8(12)13)14-11(20)15-9/h5,16H,3-4H2,1-2H3,(H2,14,15,17,20). The Labute approximate surface area is 152 Å². The number of esters is 2. The maximum atomic E-state index is 12.1. The summed E-state index contributed by atoms with van der Waals surface area (Å²) in [5.74, 6) is -2.05. The molecule has 0 radical (unpaired) electrons. The van der Waals surface area contributed by atoms with E-state index in [1.165, 1.54) is 0 Å². The van der Waals surface area contributed by atoms with E-state index >= 15 is 0 Å². The molecule has 1 aliphatic rings. The number of nitrogens with zero attached hydrogens (tertiary/aromatic N) is 1. The first-order chi connectivity index (χ1) is 11.6. The summed E-state index contributed by atoms with van der Waals surface area (Å²) in [5.41, 5.74) is -0.247. The SMILES string of the molecule is COC(=O)CCC(NS(=O)(=O)/N=C1\NC(=O)NC1=C(Cl)Cl)C(=O)OC. The highest BCUT2D eigenvalue weighted by Gasteiger charge is 2.30. The molecule has 14 heteroatoms. The van der Waals surface area contributed by atoms with Crippen LogP contribution in [0.25, 0.3) is 0 Å². The summed E-state index contributed by atoms with van der Waals surface area (Å²) in [5, 5.41) is 4.23. The molecule has 1 rings (SSSR count). The van der Waals surface area contributed by atoms with E-state index < -0.39 is 44.5 Å². The van der Waals surface area contributed by atoms with E-state index in [0.717, 1.165) is 14.2 Å². The molecular formula is C11H14Cl2N4O7S. The number of carbonyl (C=O) groups excluding carboxylic acids is 3. The van der Waals surface area contributed by atoms with Crippen LogP contribution in [0.2, 0.25) is 0 Å². The van der Waals surface area contributed by atoms with Crippen LogP contribution in [0.3, 0.4) is 0 Å². The van der Waals surface area contributed by atoms with E-state index in [0.29, 0.717) is 0 Å². The zero-order valence-corrected chi connectivity index (χ0v) is 15.3. The molecule has 1 atom stereocenters. The molecular weight excluding hydrogens is 403 g/mol. The van der Waals surface area contributed by atoms with Crippen LogP contribution < -0.4 is 15.4 Å². The number of methoxy groups -OCH3 is 2. The van der Waals surface area contributed by atoms with Crippen LogP contribution in [0, 0.1) is 0 Å². The van der Waals surface area contributed by atoms with Crippen molar-refractivity contribution in [2.75, 3.05) is 14.2 Å². The molecule has 2 amide bonds. The average Bonchev–Trinajstić information content (AvgIpc) is 2.89. The van der Waals surface area contributed by atoms with Gasteiger partial charge >= 0.3 is 28.2 Å². The summed E-state index contributed by atoms with van der Waals surface area (Å²) in [6.45, 7) is 0. The Morgan fingerprint density at radius 3 is 2.40 bits per heavy atom. The minimum atomic E-state index is -4.48. The van der Waals surface area contributed by atoms with E-state index in [1.54, 1.807) is 0 Å². The number of carbonyl (C=O) groups is 3. The van der Waals surface area contributed by atoms with Crippen LogP contribution in [0.15, 0.2) is 14.6 Å². The molecule has 25 heavy (non-hydrogen) atoms. The zero-order chi connectivity index (χ0) is 19.2. The van der Waals surface area contributed by atoms with Crippen LogP contribution >= 0.6 is 23.2 Å². The first-order valence-electron chi connectivity index (χ1n) is 6.50. The quantitative estimate of drug-likeness (QED) is 0.480. The van der Waals surface area contributed by atoms with Crippen LogP contribution in [0.5, 0.6) is 0 Å². The van der Waals surface area contributed by atoms with Crippen molar-refractivity contribution in [3.8, 4) is 0 Å². The lowest BCUT2D eigenvalue weighted by Crippen LogP contribution is -2.41. The molecule has 0 aromatic rings.